The molecule has 0 aliphatic heterocycles. The summed E-state index contributed by atoms with van der Waals surface area (Å²) in [4.78, 5) is 1.12. The van der Waals surface area contributed by atoms with Crippen molar-refractivity contribution in [1.82, 2.24) is 0 Å². The Hall–Kier alpha value is -0.960. The maximum atomic E-state index is 10.1. The average Bonchev–Trinajstić information content (AvgIpc) is 2.38. The molecule has 0 saturated heterocycles. The van der Waals surface area contributed by atoms with Crippen LogP contribution in [0.2, 0.25) is 5.02 Å². The van der Waals surface area contributed by atoms with Gasteiger partial charge in [0.15, 0.2) is 0 Å². The number of rotatable bonds is 4. The minimum atomic E-state index is -0.439. The average molecular weight is 279 g/mol. The molecule has 0 aromatic heterocycles. The van der Waals surface area contributed by atoms with Crippen LogP contribution < -0.4 is 0 Å². The smallest absolute Gasteiger partial charge is 0.0883 e. The fraction of sp³-hybridized carbons (Fsp3) is 0.200. The van der Waals surface area contributed by atoms with Gasteiger partial charge in [-0.05, 0) is 36.8 Å². The van der Waals surface area contributed by atoms with E-state index < -0.39 is 6.10 Å². The summed E-state index contributed by atoms with van der Waals surface area (Å²) >= 11 is 7.45. The van der Waals surface area contributed by atoms with Crippen LogP contribution in [0.3, 0.4) is 0 Å². The van der Waals surface area contributed by atoms with Crippen LogP contribution in [-0.4, -0.2) is 10.9 Å². The van der Waals surface area contributed by atoms with Crippen molar-refractivity contribution in [2.75, 3.05) is 5.75 Å². The first kappa shape index (κ1) is 13.5. The zero-order valence-electron chi connectivity index (χ0n) is 10.1. The molecule has 0 radical (unpaired) electrons. The van der Waals surface area contributed by atoms with Crippen molar-refractivity contribution in [3.8, 4) is 0 Å². The number of thioether (sulfide) groups is 1. The van der Waals surface area contributed by atoms with E-state index in [4.69, 9.17) is 11.6 Å². The Balaban J connectivity index is 1.93. The topological polar surface area (TPSA) is 20.2 Å². The molecule has 1 unspecified atom stereocenters. The molecule has 0 aliphatic carbocycles. The zero-order chi connectivity index (χ0) is 13.0. The van der Waals surface area contributed by atoms with Gasteiger partial charge in [0.05, 0.1) is 6.10 Å². The third kappa shape index (κ3) is 3.77. The molecule has 18 heavy (non-hydrogen) atoms. The minimum absolute atomic E-state index is 0.439. The molecule has 3 heteroatoms. The number of aryl methyl sites for hydroxylation is 1. The Kier molecular flexibility index (Phi) is 4.70. The quantitative estimate of drug-likeness (QED) is 0.833. The molecule has 1 nitrogen and oxygen atoms in total. The van der Waals surface area contributed by atoms with Gasteiger partial charge in [0, 0.05) is 15.7 Å². The van der Waals surface area contributed by atoms with Crippen molar-refractivity contribution in [3.05, 3.63) is 64.7 Å². The van der Waals surface area contributed by atoms with E-state index in [9.17, 15) is 5.11 Å². The maximum absolute atomic E-state index is 10.1. The lowest BCUT2D eigenvalue weighted by molar-refractivity contribution is 0.204. The van der Waals surface area contributed by atoms with Crippen LogP contribution in [0.25, 0.3) is 0 Å². The summed E-state index contributed by atoms with van der Waals surface area (Å²) in [5, 5.41) is 10.8. The third-order valence-electron chi connectivity index (χ3n) is 2.68. The van der Waals surface area contributed by atoms with Crippen molar-refractivity contribution >= 4 is 23.4 Å². The summed E-state index contributed by atoms with van der Waals surface area (Å²) in [6.07, 6.45) is -0.439. The molecule has 2 aromatic carbocycles. The normalized spacial score (nSPS) is 12.4. The van der Waals surface area contributed by atoms with E-state index in [0.29, 0.717) is 5.75 Å². The van der Waals surface area contributed by atoms with E-state index in [1.165, 1.54) is 5.56 Å². The Morgan fingerprint density at radius 3 is 2.28 bits per heavy atom. The summed E-state index contributed by atoms with van der Waals surface area (Å²) in [5.74, 6) is 0.644. The molecule has 0 aliphatic rings. The SMILES string of the molecule is Cc1ccc(C(O)CSc2ccc(Cl)cc2)cc1. The molecular weight excluding hydrogens is 264 g/mol. The van der Waals surface area contributed by atoms with Crippen molar-refractivity contribution in [2.45, 2.75) is 17.9 Å². The highest BCUT2D eigenvalue weighted by atomic mass is 35.5. The number of aliphatic hydroxyl groups is 1. The van der Waals surface area contributed by atoms with Gasteiger partial charge in [0.1, 0.15) is 0 Å². The van der Waals surface area contributed by atoms with Crippen LogP contribution in [0, 0.1) is 6.92 Å². The Labute approximate surface area is 117 Å². The lowest BCUT2D eigenvalue weighted by Gasteiger charge is -2.11. The van der Waals surface area contributed by atoms with Crippen molar-refractivity contribution in [3.63, 3.8) is 0 Å². The summed E-state index contributed by atoms with van der Waals surface area (Å²) < 4.78 is 0. The fourth-order valence-corrected chi connectivity index (χ4v) is 2.59. The maximum Gasteiger partial charge on any atom is 0.0883 e. The van der Waals surface area contributed by atoms with E-state index in [0.717, 1.165) is 15.5 Å². The van der Waals surface area contributed by atoms with Crippen LogP contribution in [0.5, 0.6) is 0 Å². The molecule has 1 N–H and O–H groups in total. The van der Waals surface area contributed by atoms with Gasteiger partial charge in [-0.2, -0.15) is 0 Å². The molecule has 94 valence electrons. The largest absolute Gasteiger partial charge is 0.388 e. The molecule has 2 rings (SSSR count). The van der Waals surface area contributed by atoms with E-state index in [2.05, 4.69) is 0 Å². The summed E-state index contributed by atoms with van der Waals surface area (Å²) in [6, 6.07) is 15.6. The van der Waals surface area contributed by atoms with Gasteiger partial charge in [-0.3, -0.25) is 0 Å². The van der Waals surface area contributed by atoms with Crippen molar-refractivity contribution < 1.29 is 5.11 Å². The van der Waals surface area contributed by atoms with Gasteiger partial charge in [0.25, 0.3) is 0 Å². The fourth-order valence-electron chi connectivity index (χ4n) is 1.59. The monoisotopic (exact) mass is 278 g/mol. The van der Waals surface area contributed by atoms with Gasteiger partial charge in [-0.25, -0.2) is 0 Å². The highest BCUT2D eigenvalue weighted by Crippen LogP contribution is 2.25. The first-order valence-electron chi connectivity index (χ1n) is 5.78. The first-order valence-corrected chi connectivity index (χ1v) is 7.14. The van der Waals surface area contributed by atoms with Gasteiger partial charge < -0.3 is 5.11 Å². The van der Waals surface area contributed by atoms with Crippen LogP contribution in [0.15, 0.2) is 53.4 Å². The van der Waals surface area contributed by atoms with Crippen molar-refractivity contribution in [2.24, 2.45) is 0 Å². The van der Waals surface area contributed by atoms with Gasteiger partial charge >= 0.3 is 0 Å². The highest BCUT2D eigenvalue weighted by molar-refractivity contribution is 7.99. The molecule has 0 fully saturated rings. The number of aliphatic hydroxyl groups excluding tert-OH is 1. The molecule has 0 spiro atoms. The summed E-state index contributed by atoms with van der Waals surface area (Å²) in [7, 11) is 0. The van der Waals surface area contributed by atoms with E-state index in [1.54, 1.807) is 11.8 Å². The standard InChI is InChI=1S/C15H15ClOS/c1-11-2-4-12(5-3-11)15(17)10-18-14-8-6-13(16)7-9-14/h2-9,15,17H,10H2,1H3. The lowest BCUT2D eigenvalue weighted by atomic mass is 10.1. The Bertz CT molecular complexity index is 493. The number of halogens is 1. The Morgan fingerprint density at radius 2 is 1.67 bits per heavy atom. The van der Waals surface area contributed by atoms with E-state index in [1.807, 2.05) is 55.5 Å². The number of benzene rings is 2. The second-order valence-corrected chi connectivity index (χ2v) is 5.72. The third-order valence-corrected chi connectivity index (χ3v) is 4.02. The van der Waals surface area contributed by atoms with Gasteiger partial charge in [-0.15, -0.1) is 11.8 Å². The zero-order valence-corrected chi connectivity index (χ0v) is 11.7. The van der Waals surface area contributed by atoms with Crippen LogP contribution in [0.4, 0.5) is 0 Å². The Morgan fingerprint density at radius 1 is 1.06 bits per heavy atom. The second-order valence-electron chi connectivity index (χ2n) is 4.19. The number of hydrogen-bond acceptors (Lipinski definition) is 2. The molecule has 2 aromatic rings. The predicted molar refractivity (Wildman–Crippen MR) is 78.3 cm³/mol. The summed E-state index contributed by atoms with van der Waals surface area (Å²) in [6.45, 7) is 2.04. The van der Waals surface area contributed by atoms with Crippen LogP contribution >= 0.6 is 23.4 Å². The van der Waals surface area contributed by atoms with Crippen LogP contribution in [-0.2, 0) is 0 Å². The summed E-state index contributed by atoms with van der Waals surface area (Å²) in [5.41, 5.74) is 2.17. The van der Waals surface area contributed by atoms with E-state index in [-0.39, 0.29) is 0 Å². The molecule has 0 heterocycles. The van der Waals surface area contributed by atoms with Gasteiger partial charge in [-0.1, -0.05) is 41.4 Å². The van der Waals surface area contributed by atoms with E-state index >= 15 is 0 Å². The first-order chi connectivity index (χ1) is 8.65. The lowest BCUT2D eigenvalue weighted by Crippen LogP contribution is -2.00. The molecular formula is C15H15ClOS. The second kappa shape index (κ2) is 6.28. The molecule has 0 saturated carbocycles. The number of hydrogen-bond donors (Lipinski definition) is 1. The molecule has 1 atom stereocenters. The highest BCUT2D eigenvalue weighted by Gasteiger charge is 2.07. The van der Waals surface area contributed by atoms with Gasteiger partial charge in [0.2, 0.25) is 0 Å². The predicted octanol–water partition coefficient (Wildman–Crippen LogP) is 4.47. The minimum Gasteiger partial charge on any atom is -0.388 e. The molecule has 0 bridgehead atoms. The van der Waals surface area contributed by atoms with Crippen molar-refractivity contribution in [1.29, 1.82) is 0 Å². The van der Waals surface area contributed by atoms with Crippen LogP contribution in [0.1, 0.15) is 17.2 Å². The molecule has 0 amide bonds.